The van der Waals surface area contributed by atoms with Gasteiger partial charge in [0.15, 0.2) is 0 Å². The second-order valence-corrected chi connectivity index (χ2v) is 9.47. The molecule has 0 atom stereocenters. The summed E-state index contributed by atoms with van der Waals surface area (Å²) in [5.74, 6) is -0.623. The van der Waals surface area contributed by atoms with Crippen LogP contribution >= 0.6 is 15.9 Å². The minimum absolute atomic E-state index is 0.104. The molecule has 0 bridgehead atoms. The lowest BCUT2D eigenvalue weighted by Crippen LogP contribution is -2.38. The number of halogens is 1. The van der Waals surface area contributed by atoms with Crippen LogP contribution in [-0.2, 0) is 21.9 Å². The summed E-state index contributed by atoms with van der Waals surface area (Å²) in [5, 5.41) is 2.59. The second-order valence-electron chi connectivity index (χ2n) is 6.71. The minimum Gasteiger partial charge on any atom is -0.318 e. The van der Waals surface area contributed by atoms with E-state index in [0.717, 1.165) is 10.6 Å². The average molecular weight is 493 g/mol. The van der Waals surface area contributed by atoms with Gasteiger partial charge in [-0.1, -0.05) is 30.3 Å². The first-order valence-corrected chi connectivity index (χ1v) is 11.6. The zero-order valence-corrected chi connectivity index (χ0v) is 19.1. The van der Waals surface area contributed by atoms with Crippen LogP contribution in [0.5, 0.6) is 0 Å². The first kappa shape index (κ1) is 21.8. The van der Waals surface area contributed by atoms with Crippen molar-refractivity contribution in [3.63, 3.8) is 0 Å². The van der Waals surface area contributed by atoms with Gasteiger partial charge < -0.3 is 5.32 Å². The fourth-order valence-electron chi connectivity index (χ4n) is 3.06. The van der Waals surface area contributed by atoms with E-state index in [1.807, 2.05) is 18.2 Å². The molecule has 30 heavy (non-hydrogen) atoms. The smallest absolute Gasteiger partial charge is 0.295 e. The number of hydrogen-bond acceptors (Lipinski definition) is 4. The third-order valence-corrected chi connectivity index (χ3v) is 6.42. The molecule has 0 fully saturated rings. The van der Waals surface area contributed by atoms with Gasteiger partial charge in [0.05, 0.1) is 23.3 Å². The molecule has 158 valence electrons. The summed E-state index contributed by atoms with van der Waals surface area (Å²) in [4.78, 5) is 25.7. The number of aromatic nitrogens is 2. The molecule has 8 nitrogen and oxygen atoms in total. The number of nitrogens with one attached hydrogen (secondary N) is 1. The van der Waals surface area contributed by atoms with Crippen LogP contribution in [0.3, 0.4) is 0 Å². The van der Waals surface area contributed by atoms with E-state index < -0.39 is 28.0 Å². The number of carbonyl (C=O) groups excluding carboxylic acids is 1. The van der Waals surface area contributed by atoms with Crippen molar-refractivity contribution in [2.24, 2.45) is 7.05 Å². The lowest BCUT2D eigenvalue weighted by Gasteiger charge is -2.22. The number of anilines is 2. The number of nitrogens with zero attached hydrogens (tertiary/aromatic N) is 3. The SMILES string of the molecule is Cc1c(NC(=O)CN(c2ccccc2Br)S(C)(=O)=O)c(=O)n(-c2ccccc2)n1C. The van der Waals surface area contributed by atoms with Crippen LogP contribution in [0.4, 0.5) is 11.4 Å². The van der Waals surface area contributed by atoms with Crippen molar-refractivity contribution in [1.29, 1.82) is 0 Å². The molecule has 10 heteroatoms. The molecule has 0 unspecified atom stereocenters. The number of amides is 1. The Labute approximate surface area is 182 Å². The van der Waals surface area contributed by atoms with Crippen molar-refractivity contribution in [2.45, 2.75) is 6.92 Å². The maximum absolute atomic E-state index is 12.9. The fraction of sp³-hybridized carbons (Fsp3) is 0.200. The van der Waals surface area contributed by atoms with Crippen molar-refractivity contribution < 1.29 is 13.2 Å². The number of rotatable bonds is 6. The Morgan fingerprint density at radius 3 is 2.30 bits per heavy atom. The van der Waals surface area contributed by atoms with Gasteiger partial charge in [-0.2, -0.15) is 0 Å². The molecule has 0 spiro atoms. The first-order valence-electron chi connectivity index (χ1n) is 8.97. The van der Waals surface area contributed by atoms with Crippen molar-refractivity contribution in [2.75, 3.05) is 22.4 Å². The molecule has 0 radical (unpaired) electrons. The van der Waals surface area contributed by atoms with E-state index in [1.165, 1.54) is 4.68 Å². The summed E-state index contributed by atoms with van der Waals surface area (Å²) in [6.07, 6.45) is 1.02. The molecule has 0 saturated carbocycles. The molecular weight excluding hydrogens is 472 g/mol. The first-order chi connectivity index (χ1) is 14.1. The van der Waals surface area contributed by atoms with E-state index in [2.05, 4.69) is 21.2 Å². The van der Waals surface area contributed by atoms with Gasteiger partial charge in [-0.15, -0.1) is 0 Å². The summed E-state index contributed by atoms with van der Waals surface area (Å²) >= 11 is 3.31. The van der Waals surface area contributed by atoms with E-state index in [9.17, 15) is 18.0 Å². The molecule has 2 aromatic carbocycles. The number of benzene rings is 2. The van der Waals surface area contributed by atoms with Gasteiger partial charge in [-0.3, -0.25) is 18.6 Å². The largest absolute Gasteiger partial charge is 0.318 e. The molecular formula is C20H21BrN4O4S. The standard InChI is InChI=1S/C20H21BrN4O4S/c1-14-19(20(27)25(23(14)2)15-9-5-4-6-10-15)22-18(26)13-24(30(3,28)29)17-12-8-7-11-16(17)21/h4-12H,13H2,1-3H3,(H,22,26). The van der Waals surface area contributed by atoms with Gasteiger partial charge in [-0.25, -0.2) is 13.1 Å². The fourth-order valence-corrected chi connectivity index (χ4v) is 4.54. The van der Waals surface area contributed by atoms with Gasteiger partial charge in [-0.05, 0) is 47.1 Å². The molecule has 0 saturated heterocycles. The Morgan fingerprint density at radius 2 is 1.70 bits per heavy atom. The Hall–Kier alpha value is -2.85. The number of para-hydroxylation sites is 2. The molecule has 1 amide bonds. The van der Waals surface area contributed by atoms with E-state index in [0.29, 0.717) is 21.5 Å². The predicted molar refractivity (Wildman–Crippen MR) is 121 cm³/mol. The van der Waals surface area contributed by atoms with Crippen LogP contribution in [0.15, 0.2) is 63.9 Å². The molecule has 1 heterocycles. The van der Waals surface area contributed by atoms with Gasteiger partial charge in [0, 0.05) is 11.5 Å². The molecule has 1 N–H and O–H groups in total. The maximum atomic E-state index is 12.9. The zero-order chi connectivity index (χ0) is 22.1. The Kier molecular flexibility index (Phi) is 6.18. The van der Waals surface area contributed by atoms with Gasteiger partial charge in [0.1, 0.15) is 12.2 Å². The minimum atomic E-state index is -3.74. The molecule has 0 aliphatic heterocycles. The highest BCUT2D eigenvalue weighted by Crippen LogP contribution is 2.27. The number of carbonyl (C=O) groups is 1. The molecule has 0 aliphatic carbocycles. The van der Waals surface area contributed by atoms with Crippen LogP contribution < -0.4 is 15.2 Å². The third kappa shape index (κ3) is 4.34. The highest BCUT2D eigenvalue weighted by atomic mass is 79.9. The van der Waals surface area contributed by atoms with E-state index in [4.69, 9.17) is 0 Å². The van der Waals surface area contributed by atoms with Crippen LogP contribution in [0.1, 0.15) is 5.69 Å². The molecule has 1 aromatic heterocycles. The summed E-state index contributed by atoms with van der Waals surface area (Å²) in [5.41, 5.74) is 1.23. The highest BCUT2D eigenvalue weighted by Gasteiger charge is 2.24. The van der Waals surface area contributed by atoms with Crippen LogP contribution in [0.25, 0.3) is 5.69 Å². The van der Waals surface area contributed by atoms with Gasteiger partial charge >= 0.3 is 0 Å². The second kappa shape index (κ2) is 8.49. The zero-order valence-electron chi connectivity index (χ0n) is 16.7. The lowest BCUT2D eigenvalue weighted by molar-refractivity contribution is -0.114. The van der Waals surface area contributed by atoms with Crippen LogP contribution in [0, 0.1) is 6.92 Å². The Morgan fingerprint density at radius 1 is 1.10 bits per heavy atom. The average Bonchev–Trinajstić information content (AvgIpc) is 2.90. The normalized spacial score (nSPS) is 11.3. The lowest BCUT2D eigenvalue weighted by atomic mass is 10.3. The van der Waals surface area contributed by atoms with Crippen molar-refractivity contribution in [3.8, 4) is 5.69 Å². The van der Waals surface area contributed by atoms with Gasteiger partial charge in [0.25, 0.3) is 5.56 Å². The molecule has 3 aromatic rings. The van der Waals surface area contributed by atoms with Crippen LogP contribution in [0.2, 0.25) is 0 Å². The Balaban J connectivity index is 1.93. The highest BCUT2D eigenvalue weighted by molar-refractivity contribution is 9.10. The summed E-state index contributed by atoms with van der Waals surface area (Å²) < 4.78 is 29.2. The van der Waals surface area contributed by atoms with Crippen molar-refractivity contribution in [3.05, 3.63) is 75.1 Å². The monoisotopic (exact) mass is 492 g/mol. The van der Waals surface area contributed by atoms with Gasteiger partial charge in [0.2, 0.25) is 15.9 Å². The van der Waals surface area contributed by atoms with Crippen molar-refractivity contribution in [1.82, 2.24) is 9.36 Å². The Bertz CT molecular complexity index is 1250. The number of hydrogen-bond donors (Lipinski definition) is 1. The topological polar surface area (TPSA) is 93.4 Å². The predicted octanol–water partition coefficient (Wildman–Crippen LogP) is 2.65. The molecule has 3 rings (SSSR count). The number of sulfonamides is 1. The van der Waals surface area contributed by atoms with E-state index in [-0.39, 0.29) is 5.69 Å². The summed E-state index contributed by atoms with van der Waals surface area (Å²) in [6, 6.07) is 15.7. The molecule has 0 aliphatic rings. The summed E-state index contributed by atoms with van der Waals surface area (Å²) in [6.45, 7) is 1.24. The third-order valence-electron chi connectivity index (χ3n) is 4.63. The summed E-state index contributed by atoms with van der Waals surface area (Å²) in [7, 11) is -2.03. The van der Waals surface area contributed by atoms with E-state index in [1.54, 1.807) is 55.1 Å². The quantitative estimate of drug-likeness (QED) is 0.572. The van der Waals surface area contributed by atoms with E-state index >= 15 is 0 Å². The van der Waals surface area contributed by atoms with Crippen molar-refractivity contribution >= 4 is 43.2 Å². The maximum Gasteiger partial charge on any atom is 0.295 e. The van der Waals surface area contributed by atoms with Crippen LogP contribution in [-0.4, -0.2) is 36.5 Å².